The van der Waals surface area contributed by atoms with Crippen LogP contribution < -0.4 is 0 Å². The second-order valence-electron chi connectivity index (χ2n) is 9.26. The van der Waals surface area contributed by atoms with Gasteiger partial charge in [-0.2, -0.15) is 0 Å². The van der Waals surface area contributed by atoms with E-state index in [1.165, 1.54) is 6.42 Å². The second kappa shape index (κ2) is 10.4. The first kappa shape index (κ1) is 24.1. The van der Waals surface area contributed by atoms with Crippen LogP contribution in [-0.2, 0) is 9.47 Å². The number of rotatable bonds is 7. The molecule has 1 amide bonds. The summed E-state index contributed by atoms with van der Waals surface area (Å²) in [6, 6.07) is 9.28. The maximum atomic E-state index is 13.5. The van der Waals surface area contributed by atoms with Crippen LogP contribution in [-0.4, -0.2) is 52.5 Å². The van der Waals surface area contributed by atoms with Crippen molar-refractivity contribution in [3.8, 4) is 0 Å². The molecule has 7 heteroatoms. The van der Waals surface area contributed by atoms with Gasteiger partial charge in [0.15, 0.2) is 5.79 Å². The van der Waals surface area contributed by atoms with Crippen LogP contribution in [0.5, 0.6) is 0 Å². The van der Waals surface area contributed by atoms with Gasteiger partial charge in [-0.3, -0.25) is 4.79 Å². The first-order valence-electron chi connectivity index (χ1n) is 11.1. The highest BCUT2D eigenvalue weighted by molar-refractivity contribution is 8.10. The number of aliphatic hydroxyl groups is 1. The number of carbonyl (C=O) groups is 1. The number of amides is 1. The van der Waals surface area contributed by atoms with Crippen LogP contribution in [0.15, 0.2) is 30.3 Å². The zero-order chi connectivity index (χ0) is 21.8. The van der Waals surface area contributed by atoms with Crippen LogP contribution >= 0.6 is 16.7 Å². The third-order valence-corrected chi connectivity index (χ3v) is 8.46. The van der Waals surface area contributed by atoms with E-state index in [0.717, 1.165) is 32.1 Å². The Kier molecular flexibility index (Phi) is 8.32. The minimum atomic E-state index is -1.14. The standard InChI is InChI=1S/C23H37NO4P2/c1-17(2)15-19(24(30-29-4)21(25)18-11-7-5-8-12-18)20-22(3,26)16-27-23(28-20)13-9-6-10-14-23/h5,7-8,11-12,17,19-20,26,29-30H,6,9-10,13-16H2,1-4H3/t19-,20+,22+/m0/s1. The molecule has 1 heterocycles. The Bertz CT molecular complexity index is 692. The Balaban J connectivity index is 1.95. The van der Waals surface area contributed by atoms with Gasteiger partial charge in [0.2, 0.25) is 0 Å². The van der Waals surface area contributed by atoms with E-state index in [0.29, 0.717) is 28.2 Å². The molecule has 1 saturated heterocycles. The maximum absolute atomic E-state index is 13.5. The molecule has 2 unspecified atom stereocenters. The number of carbonyl (C=O) groups excluding carboxylic acids is 1. The van der Waals surface area contributed by atoms with E-state index in [1.54, 1.807) is 6.92 Å². The number of ether oxygens (including phenoxy) is 2. The molecule has 1 aromatic rings. The van der Waals surface area contributed by atoms with Crippen molar-refractivity contribution in [2.75, 3.05) is 13.3 Å². The van der Waals surface area contributed by atoms with Crippen molar-refractivity contribution in [2.45, 2.75) is 82.8 Å². The first-order valence-corrected chi connectivity index (χ1v) is 14.6. The van der Waals surface area contributed by atoms with Gasteiger partial charge in [-0.15, -0.1) is 0 Å². The van der Waals surface area contributed by atoms with Crippen molar-refractivity contribution in [2.24, 2.45) is 5.92 Å². The molecule has 1 N–H and O–H groups in total. The molecule has 5 atom stereocenters. The Hall–Kier alpha value is -0.570. The van der Waals surface area contributed by atoms with Gasteiger partial charge in [-0.1, -0.05) is 46.7 Å². The topological polar surface area (TPSA) is 59.0 Å². The number of nitrogens with zero attached hydrogens (tertiary/aromatic N) is 1. The van der Waals surface area contributed by atoms with Gasteiger partial charge in [0.1, 0.15) is 11.7 Å². The molecule has 0 bridgehead atoms. The minimum Gasteiger partial charge on any atom is -0.385 e. The molecule has 30 heavy (non-hydrogen) atoms. The number of benzene rings is 1. The summed E-state index contributed by atoms with van der Waals surface area (Å²) in [5.74, 6) is -0.215. The van der Waals surface area contributed by atoms with E-state index in [4.69, 9.17) is 9.47 Å². The summed E-state index contributed by atoms with van der Waals surface area (Å²) in [4.78, 5) is 13.5. The predicted octanol–water partition coefficient (Wildman–Crippen LogP) is 5.19. The fraction of sp³-hybridized carbons (Fsp3) is 0.696. The molecule has 5 nitrogen and oxygen atoms in total. The van der Waals surface area contributed by atoms with Crippen molar-refractivity contribution < 1.29 is 19.4 Å². The van der Waals surface area contributed by atoms with Crippen molar-refractivity contribution in [3.63, 3.8) is 0 Å². The summed E-state index contributed by atoms with van der Waals surface area (Å²) >= 11 is 0. The molecule has 1 aliphatic carbocycles. The van der Waals surface area contributed by atoms with Gasteiger partial charge in [0.25, 0.3) is 5.91 Å². The molecule has 1 spiro atoms. The van der Waals surface area contributed by atoms with Crippen molar-refractivity contribution in [1.29, 1.82) is 0 Å². The van der Waals surface area contributed by atoms with E-state index in [9.17, 15) is 9.90 Å². The van der Waals surface area contributed by atoms with E-state index in [2.05, 4.69) is 20.5 Å². The lowest BCUT2D eigenvalue weighted by molar-refractivity contribution is -0.359. The third-order valence-electron chi connectivity index (χ3n) is 6.06. The largest absolute Gasteiger partial charge is 0.385 e. The minimum absolute atomic E-state index is 0.0255. The smallest absolute Gasteiger partial charge is 0.257 e. The van der Waals surface area contributed by atoms with Crippen LogP contribution in [0.4, 0.5) is 0 Å². The fourth-order valence-corrected chi connectivity index (χ4v) is 6.97. The molecule has 1 saturated carbocycles. The highest BCUT2D eigenvalue weighted by Gasteiger charge is 2.53. The lowest BCUT2D eigenvalue weighted by Gasteiger charge is -2.53. The Labute approximate surface area is 184 Å². The summed E-state index contributed by atoms with van der Waals surface area (Å²) in [5, 5.41) is 11.3. The lowest BCUT2D eigenvalue weighted by Crippen LogP contribution is -2.64. The average molecular weight is 454 g/mol. The monoisotopic (exact) mass is 453 g/mol. The average Bonchev–Trinajstić information content (AvgIpc) is 2.73. The van der Waals surface area contributed by atoms with Crippen LogP contribution in [0.25, 0.3) is 0 Å². The van der Waals surface area contributed by atoms with E-state index in [1.807, 2.05) is 35.0 Å². The van der Waals surface area contributed by atoms with Crippen LogP contribution in [0, 0.1) is 5.92 Å². The number of hydrogen-bond donors (Lipinski definition) is 1. The van der Waals surface area contributed by atoms with Crippen molar-refractivity contribution in [3.05, 3.63) is 35.9 Å². The fourth-order valence-electron chi connectivity index (χ4n) is 4.57. The summed E-state index contributed by atoms with van der Waals surface area (Å²) in [6.07, 6.45) is 5.39. The molecule has 2 fully saturated rings. The van der Waals surface area contributed by atoms with E-state index in [-0.39, 0.29) is 18.6 Å². The SMILES string of the molecule is CPPN(C(=O)c1ccccc1)[C@@H](CC(C)C)[C@H]1OC2(CCCCC2)OC[C@@]1(C)O. The van der Waals surface area contributed by atoms with Crippen LogP contribution in [0.1, 0.15) is 69.7 Å². The molecule has 168 valence electrons. The maximum Gasteiger partial charge on any atom is 0.257 e. The zero-order valence-corrected chi connectivity index (χ0v) is 20.7. The van der Waals surface area contributed by atoms with Gasteiger partial charge >= 0.3 is 0 Å². The summed E-state index contributed by atoms with van der Waals surface area (Å²) in [7, 11) is 0.993. The molecule has 0 radical (unpaired) electrons. The Morgan fingerprint density at radius 1 is 1.23 bits per heavy atom. The highest BCUT2D eigenvalue weighted by Crippen LogP contribution is 2.47. The van der Waals surface area contributed by atoms with Crippen LogP contribution in [0.2, 0.25) is 0 Å². The molecule has 1 aromatic carbocycles. The van der Waals surface area contributed by atoms with Gasteiger partial charge in [-0.25, -0.2) is 0 Å². The van der Waals surface area contributed by atoms with E-state index < -0.39 is 17.5 Å². The molecule has 0 aromatic heterocycles. The van der Waals surface area contributed by atoms with Crippen LogP contribution in [0.3, 0.4) is 0 Å². The van der Waals surface area contributed by atoms with E-state index >= 15 is 0 Å². The highest BCUT2D eigenvalue weighted by atomic mass is 32.0. The normalized spacial score (nSPS) is 28.0. The predicted molar refractivity (Wildman–Crippen MR) is 126 cm³/mol. The Morgan fingerprint density at radius 3 is 2.50 bits per heavy atom. The summed E-state index contributed by atoms with van der Waals surface area (Å²) in [5.41, 5.74) is -0.449. The third kappa shape index (κ3) is 5.61. The first-order chi connectivity index (χ1) is 14.3. The molecular formula is C23H37NO4P2. The molecule has 3 rings (SSSR count). The summed E-state index contributed by atoms with van der Waals surface area (Å²) < 4.78 is 14.7. The Morgan fingerprint density at radius 2 is 1.90 bits per heavy atom. The molecule has 2 aliphatic rings. The van der Waals surface area contributed by atoms with Gasteiger partial charge < -0.3 is 19.3 Å². The van der Waals surface area contributed by atoms with Crippen molar-refractivity contribution >= 4 is 22.6 Å². The quantitative estimate of drug-likeness (QED) is 0.578. The lowest BCUT2D eigenvalue weighted by atomic mass is 9.85. The van der Waals surface area contributed by atoms with Crippen molar-refractivity contribution in [1.82, 2.24) is 4.67 Å². The summed E-state index contributed by atoms with van der Waals surface area (Å²) in [6.45, 7) is 8.50. The molecular weight excluding hydrogens is 416 g/mol. The van der Waals surface area contributed by atoms with Gasteiger partial charge in [0.05, 0.1) is 12.6 Å². The van der Waals surface area contributed by atoms with Gasteiger partial charge in [-0.05, 0) is 50.9 Å². The second-order valence-corrected chi connectivity index (χ2v) is 12.6. The zero-order valence-electron chi connectivity index (χ0n) is 18.7. The van der Waals surface area contributed by atoms with Gasteiger partial charge in [0, 0.05) is 26.8 Å². The molecule has 1 aliphatic heterocycles. The number of hydrogen-bond acceptors (Lipinski definition) is 4.